The van der Waals surface area contributed by atoms with Crippen molar-refractivity contribution in [1.82, 2.24) is 10.6 Å². The molecular weight excluding hydrogens is 656 g/mol. The number of carbonyl (C=O) groups is 4. The van der Waals surface area contributed by atoms with Crippen LogP contribution < -0.4 is 10.6 Å². The second-order valence-corrected chi connectivity index (χ2v) is 13.3. The number of unbranched alkanes of at least 4 members (excludes halogenated alkanes) is 13. The van der Waals surface area contributed by atoms with Crippen LogP contribution in [-0.2, 0) is 23.9 Å². The van der Waals surface area contributed by atoms with Gasteiger partial charge < -0.3 is 25.6 Å². The zero-order valence-corrected chi connectivity index (χ0v) is 32.5. The van der Waals surface area contributed by atoms with Gasteiger partial charge in [0, 0.05) is 12.8 Å². The quantitative estimate of drug-likeness (QED) is 0.0289. The lowest BCUT2D eigenvalue weighted by Crippen LogP contribution is -2.47. The van der Waals surface area contributed by atoms with Crippen LogP contribution in [-0.4, -0.2) is 59.3 Å². The molecule has 0 saturated heterocycles. The summed E-state index contributed by atoms with van der Waals surface area (Å²) < 4.78 is 5.89. The van der Waals surface area contributed by atoms with E-state index in [1.807, 2.05) is 6.08 Å². The Balaban J connectivity index is 4.46. The molecular formula is C43H72N2O7. The summed E-state index contributed by atoms with van der Waals surface area (Å²) in [5.41, 5.74) is 0. The number of allylic oxidation sites excluding steroid dienone is 9. The van der Waals surface area contributed by atoms with E-state index in [1.54, 1.807) is 0 Å². The Morgan fingerprint density at radius 3 is 1.75 bits per heavy atom. The third kappa shape index (κ3) is 33.7. The number of aliphatic hydroxyl groups is 1. The first-order valence-corrected chi connectivity index (χ1v) is 20.2. The van der Waals surface area contributed by atoms with Crippen LogP contribution in [0.2, 0.25) is 0 Å². The Kier molecular flexibility index (Phi) is 34.8. The minimum atomic E-state index is -1.39. The molecule has 0 radical (unpaired) electrons. The maximum absolute atomic E-state index is 12.7. The molecule has 0 aromatic rings. The van der Waals surface area contributed by atoms with E-state index in [9.17, 15) is 19.2 Å². The maximum Gasteiger partial charge on any atom is 0.328 e. The number of amides is 2. The summed E-state index contributed by atoms with van der Waals surface area (Å²) in [6.07, 6.45) is 44.0. The zero-order chi connectivity index (χ0) is 38.3. The van der Waals surface area contributed by atoms with Gasteiger partial charge in [0.05, 0.1) is 13.2 Å². The number of carboxylic acid groups (broad SMARTS) is 1. The number of rotatable bonds is 35. The SMILES string of the molecule is CC/C=C\C/C=C\C/C=C\C/C=C\C(CCCCCCCC(=O)NCC(=O)NC(CO)C(=O)O)OC(=O)CCCCCCC/C=C\CCCCCC. The fraction of sp³-hybridized carbons (Fsp3) is 0.674. The van der Waals surface area contributed by atoms with Gasteiger partial charge in [-0.3, -0.25) is 14.4 Å². The number of nitrogens with one attached hydrogen (secondary N) is 2. The van der Waals surface area contributed by atoms with Crippen molar-refractivity contribution in [3.05, 3.63) is 60.8 Å². The van der Waals surface area contributed by atoms with Crippen LogP contribution in [0.4, 0.5) is 0 Å². The number of aliphatic hydroxyl groups excluding tert-OH is 1. The third-order valence-electron chi connectivity index (χ3n) is 8.48. The predicted molar refractivity (Wildman–Crippen MR) is 213 cm³/mol. The summed E-state index contributed by atoms with van der Waals surface area (Å²) in [5, 5.41) is 22.5. The molecule has 9 heteroatoms. The maximum atomic E-state index is 12.7. The second kappa shape index (κ2) is 37.3. The van der Waals surface area contributed by atoms with Crippen LogP contribution in [0.15, 0.2) is 60.8 Å². The van der Waals surface area contributed by atoms with Crippen LogP contribution >= 0.6 is 0 Å². The molecule has 0 bridgehead atoms. The molecule has 4 N–H and O–H groups in total. The summed E-state index contributed by atoms with van der Waals surface area (Å²) in [5.74, 6) is -2.42. The first-order valence-electron chi connectivity index (χ1n) is 20.2. The third-order valence-corrected chi connectivity index (χ3v) is 8.48. The molecule has 0 aliphatic rings. The van der Waals surface area contributed by atoms with Crippen LogP contribution in [0.1, 0.15) is 162 Å². The van der Waals surface area contributed by atoms with Gasteiger partial charge in [-0.15, -0.1) is 0 Å². The highest BCUT2D eigenvalue weighted by Gasteiger charge is 2.18. The average Bonchev–Trinajstić information content (AvgIpc) is 3.13. The molecule has 2 unspecified atom stereocenters. The number of esters is 1. The van der Waals surface area contributed by atoms with Gasteiger partial charge in [0.25, 0.3) is 0 Å². The Labute approximate surface area is 315 Å². The highest BCUT2D eigenvalue weighted by molar-refractivity contribution is 5.87. The van der Waals surface area contributed by atoms with Crippen LogP contribution in [0.25, 0.3) is 0 Å². The van der Waals surface area contributed by atoms with E-state index in [0.717, 1.165) is 83.5 Å². The minimum Gasteiger partial charge on any atom is -0.480 e. The molecule has 296 valence electrons. The molecule has 52 heavy (non-hydrogen) atoms. The summed E-state index contributed by atoms with van der Waals surface area (Å²) in [6, 6.07) is -1.39. The van der Waals surface area contributed by atoms with Crippen LogP contribution in [0, 0.1) is 0 Å². The van der Waals surface area contributed by atoms with Gasteiger partial charge in [0.1, 0.15) is 12.1 Å². The molecule has 0 fully saturated rings. The molecule has 0 aromatic heterocycles. The van der Waals surface area contributed by atoms with Gasteiger partial charge in [-0.1, -0.05) is 126 Å². The molecule has 0 aliphatic heterocycles. The van der Waals surface area contributed by atoms with Crippen molar-refractivity contribution in [3.8, 4) is 0 Å². The van der Waals surface area contributed by atoms with E-state index in [0.29, 0.717) is 12.8 Å². The highest BCUT2D eigenvalue weighted by Crippen LogP contribution is 2.15. The topological polar surface area (TPSA) is 142 Å². The fourth-order valence-electron chi connectivity index (χ4n) is 5.38. The number of ether oxygens (including phenoxy) is 1. The molecule has 0 rings (SSSR count). The Morgan fingerprint density at radius 1 is 0.615 bits per heavy atom. The van der Waals surface area contributed by atoms with Crippen molar-refractivity contribution in [2.24, 2.45) is 0 Å². The summed E-state index contributed by atoms with van der Waals surface area (Å²) in [6.45, 7) is 3.31. The number of carboxylic acids is 1. The Bertz CT molecular complexity index is 1060. The molecule has 2 atom stereocenters. The van der Waals surface area contributed by atoms with Crippen molar-refractivity contribution in [2.45, 2.75) is 174 Å². The normalized spacial score (nSPS) is 13.1. The van der Waals surface area contributed by atoms with Gasteiger partial charge >= 0.3 is 11.9 Å². The lowest BCUT2D eigenvalue weighted by Gasteiger charge is -2.15. The van der Waals surface area contributed by atoms with E-state index in [2.05, 4.69) is 79.2 Å². The van der Waals surface area contributed by atoms with Crippen LogP contribution in [0.3, 0.4) is 0 Å². The first kappa shape index (κ1) is 48.5. The number of aliphatic carboxylic acids is 1. The predicted octanol–water partition coefficient (Wildman–Crippen LogP) is 9.37. The Morgan fingerprint density at radius 2 is 1.15 bits per heavy atom. The molecule has 0 spiro atoms. The summed E-state index contributed by atoms with van der Waals surface area (Å²) in [4.78, 5) is 47.4. The van der Waals surface area contributed by atoms with E-state index >= 15 is 0 Å². The van der Waals surface area contributed by atoms with E-state index < -0.39 is 24.5 Å². The molecule has 0 aromatic carbocycles. The van der Waals surface area contributed by atoms with Gasteiger partial charge in [0.15, 0.2) is 0 Å². The number of carbonyl (C=O) groups excluding carboxylic acids is 3. The van der Waals surface area contributed by atoms with E-state index in [1.165, 1.54) is 44.9 Å². The van der Waals surface area contributed by atoms with Crippen molar-refractivity contribution >= 4 is 23.8 Å². The van der Waals surface area contributed by atoms with Crippen molar-refractivity contribution in [3.63, 3.8) is 0 Å². The van der Waals surface area contributed by atoms with E-state index in [4.69, 9.17) is 14.9 Å². The van der Waals surface area contributed by atoms with Gasteiger partial charge in [-0.05, 0) is 83.1 Å². The first-order chi connectivity index (χ1) is 25.3. The molecule has 0 saturated carbocycles. The zero-order valence-electron chi connectivity index (χ0n) is 32.5. The lowest BCUT2D eigenvalue weighted by atomic mass is 10.1. The Hall–Kier alpha value is -3.46. The lowest BCUT2D eigenvalue weighted by molar-refractivity contribution is -0.147. The number of hydrogen-bond acceptors (Lipinski definition) is 6. The van der Waals surface area contributed by atoms with Crippen molar-refractivity contribution in [1.29, 1.82) is 0 Å². The monoisotopic (exact) mass is 729 g/mol. The van der Waals surface area contributed by atoms with E-state index in [-0.39, 0.29) is 30.9 Å². The molecule has 0 aliphatic carbocycles. The van der Waals surface area contributed by atoms with Gasteiger partial charge in [-0.2, -0.15) is 0 Å². The highest BCUT2D eigenvalue weighted by atomic mass is 16.5. The van der Waals surface area contributed by atoms with Crippen LogP contribution in [0.5, 0.6) is 0 Å². The van der Waals surface area contributed by atoms with Crippen molar-refractivity contribution in [2.75, 3.05) is 13.2 Å². The largest absolute Gasteiger partial charge is 0.480 e. The number of hydrogen-bond donors (Lipinski definition) is 4. The minimum absolute atomic E-state index is 0.131. The van der Waals surface area contributed by atoms with Gasteiger partial charge in [-0.25, -0.2) is 4.79 Å². The molecule has 2 amide bonds. The fourth-order valence-corrected chi connectivity index (χ4v) is 5.38. The summed E-state index contributed by atoms with van der Waals surface area (Å²) in [7, 11) is 0. The average molecular weight is 729 g/mol. The standard InChI is InChI=1S/C43H72N2O7/c1-3-5-7-9-11-13-15-16-18-20-22-27-31-35-42(49)52-38(32-28-24-21-19-17-14-12-10-8-6-4-2)33-29-25-23-26-30-34-40(47)44-36-41(48)45-39(37-46)43(50)51/h6,8,12-15,19,21,28,32,38-39,46H,3-5,7,9-11,16-18,20,22-27,29-31,33-37H2,1-2H3,(H,44,47)(H,45,48)(H,50,51)/b8-6-,14-12-,15-13-,21-19-,32-28-. The smallest absolute Gasteiger partial charge is 0.328 e. The second-order valence-electron chi connectivity index (χ2n) is 13.3. The van der Waals surface area contributed by atoms with Gasteiger partial charge in [0.2, 0.25) is 11.8 Å². The van der Waals surface area contributed by atoms with Crippen molar-refractivity contribution < 1.29 is 34.1 Å². The molecule has 0 heterocycles. The molecule has 9 nitrogen and oxygen atoms in total. The summed E-state index contributed by atoms with van der Waals surface area (Å²) >= 11 is 0.